The van der Waals surface area contributed by atoms with E-state index in [2.05, 4.69) is 23.3 Å². The molecule has 0 spiro atoms. The summed E-state index contributed by atoms with van der Waals surface area (Å²) in [7, 11) is 1.65. The van der Waals surface area contributed by atoms with Crippen LogP contribution in [0.2, 0.25) is 0 Å². The fourth-order valence-corrected chi connectivity index (χ4v) is 2.15. The number of anilines is 1. The maximum absolute atomic E-state index is 13.0. The van der Waals surface area contributed by atoms with Crippen LogP contribution in [0.25, 0.3) is 11.1 Å². The molecule has 0 fully saturated rings. The van der Waals surface area contributed by atoms with E-state index < -0.39 is 0 Å². The summed E-state index contributed by atoms with van der Waals surface area (Å²) in [4.78, 5) is 12.1. The number of nitrogens with one attached hydrogen (secondary N) is 2. The molecule has 2 aromatic carbocycles. The summed E-state index contributed by atoms with van der Waals surface area (Å²) in [5.41, 5.74) is 2.65. The highest BCUT2D eigenvalue weighted by Gasteiger charge is 2.11. The molecule has 0 radical (unpaired) electrons. The van der Waals surface area contributed by atoms with Gasteiger partial charge in [0.2, 0.25) is 0 Å². The van der Waals surface area contributed by atoms with Gasteiger partial charge in [-0.15, -0.1) is 12.6 Å². The summed E-state index contributed by atoms with van der Waals surface area (Å²) in [5.74, 6) is -0.585. The molecule has 1 amide bonds. The van der Waals surface area contributed by atoms with Gasteiger partial charge in [0.25, 0.3) is 5.91 Å². The van der Waals surface area contributed by atoms with E-state index in [4.69, 9.17) is 0 Å². The van der Waals surface area contributed by atoms with Crippen LogP contribution in [0.5, 0.6) is 0 Å². The van der Waals surface area contributed by atoms with Gasteiger partial charge in [0, 0.05) is 18.3 Å². The van der Waals surface area contributed by atoms with Crippen molar-refractivity contribution in [1.82, 2.24) is 5.32 Å². The molecule has 0 saturated carbocycles. The van der Waals surface area contributed by atoms with Gasteiger partial charge in [0.15, 0.2) is 0 Å². The zero-order chi connectivity index (χ0) is 15.2. The molecule has 0 bridgehead atoms. The van der Waals surface area contributed by atoms with E-state index in [0.29, 0.717) is 11.4 Å². The second kappa shape index (κ2) is 6.95. The Morgan fingerprint density at radius 3 is 2.43 bits per heavy atom. The minimum atomic E-state index is -0.296. The molecule has 108 valence electrons. The van der Waals surface area contributed by atoms with Gasteiger partial charge in [-0.25, -0.2) is 4.39 Å². The first-order chi connectivity index (χ1) is 10.2. The van der Waals surface area contributed by atoms with Crippen molar-refractivity contribution in [2.75, 3.05) is 12.4 Å². The van der Waals surface area contributed by atoms with Crippen molar-refractivity contribution in [3.8, 4) is 11.1 Å². The van der Waals surface area contributed by atoms with Crippen molar-refractivity contribution in [1.29, 1.82) is 0 Å². The van der Waals surface area contributed by atoms with E-state index in [1.807, 2.05) is 18.2 Å². The van der Waals surface area contributed by atoms with E-state index in [-0.39, 0.29) is 11.7 Å². The SMILES string of the molecule is CN/C(=C\S)C(=O)Nc1ccccc1-c1ccc(F)cc1. The first-order valence-corrected chi connectivity index (χ1v) is 6.86. The average molecular weight is 302 g/mol. The first kappa shape index (κ1) is 15.1. The normalized spacial score (nSPS) is 11.1. The molecule has 3 nitrogen and oxygen atoms in total. The lowest BCUT2D eigenvalue weighted by atomic mass is 10.0. The van der Waals surface area contributed by atoms with Gasteiger partial charge < -0.3 is 10.6 Å². The number of amides is 1. The topological polar surface area (TPSA) is 41.1 Å². The summed E-state index contributed by atoms with van der Waals surface area (Å²) >= 11 is 3.98. The van der Waals surface area contributed by atoms with E-state index in [9.17, 15) is 9.18 Å². The number of likely N-dealkylation sites (N-methyl/N-ethyl adjacent to an activating group) is 1. The molecule has 0 aliphatic rings. The number of thiol groups is 1. The third-order valence-corrected chi connectivity index (χ3v) is 3.23. The zero-order valence-electron chi connectivity index (χ0n) is 11.4. The number of benzene rings is 2. The first-order valence-electron chi connectivity index (χ1n) is 6.34. The second-order valence-corrected chi connectivity index (χ2v) is 4.56. The highest BCUT2D eigenvalue weighted by atomic mass is 32.1. The Kier molecular flexibility index (Phi) is 5.00. The van der Waals surface area contributed by atoms with Crippen molar-refractivity contribution in [3.05, 3.63) is 65.5 Å². The van der Waals surface area contributed by atoms with Crippen LogP contribution in [0.15, 0.2) is 59.6 Å². The average Bonchev–Trinajstić information content (AvgIpc) is 2.50. The van der Waals surface area contributed by atoms with Gasteiger partial charge in [0.05, 0.1) is 0 Å². The lowest BCUT2D eigenvalue weighted by molar-refractivity contribution is -0.113. The van der Waals surface area contributed by atoms with E-state index in [1.54, 1.807) is 25.2 Å². The van der Waals surface area contributed by atoms with Crippen molar-refractivity contribution in [3.63, 3.8) is 0 Å². The highest BCUT2D eigenvalue weighted by molar-refractivity contribution is 7.83. The maximum atomic E-state index is 13.0. The molecule has 0 aromatic heterocycles. The van der Waals surface area contributed by atoms with Gasteiger partial charge in [-0.2, -0.15) is 0 Å². The highest BCUT2D eigenvalue weighted by Crippen LogP contribution is 2.28. The molecular weight excluding hydrogens is 287 g/mol. The van der Waals surface area contributed by atoms with E-state index in [0.717, 1.165) is 11.1 Å². The summed E-state index contributed by atoms with van der Waals surface area (Å²) in [6, 6.07) is 13.5. The number of hydrogen-bond acceptors (Lipinski definition) is 3. The number of hydrogen-bond donors (Lipinski definition) is 3. The predicted octanol–water partition coefficient (Wildman–Crippen LogP) is 3.42. The van der Waals surface area contributed by atoms with Crippen LogP contribution < -0.4 is 10.6 Å². The minimum Gasteiger partial charge on any atom is -0.383 e. The summed E-state index contributed by atoms with van der Waals surface area (Å²) in [5, 5.41) is 6.97. The number of carbonyl (C=O) groups is 1. The van der Waals surface area contributed by atoms with Crippen molar-refractivity contribution < 1.29 is 9.18 Å². The molecule has 0 saturated heterocycles. The Balaban J connectivity index is 2.33. The fourth-order valence-electron chi connectivity index (χ4n) is 1.90. The minimum absolute atomic E-state index is 0.290. The molecule has 0 aliphatic heterocycles. The molecule has 5 heteroatoms. The third-order valence-electron chi connectivity index (χ3n) is 2.97. The molecule has 0 unspecified atom stereocenters. The number of carbonyl (C=O) groups excluding carboxylic acids is 1. The van der Waals surface area contributed by atoms with Crippen LogP contribution in [-0.2, 0) is 4.79 Å². The lowest BCUT2D eigenvalue weighted by Gasteiger charge is -2.12. The molecule has 2 aromatic rings. The van der Waals surface area contributed by atoms with Crippen molar-refractivity contribution in [2.45, 2.75) is 0 Å². The number of para-hydroxylation sites is 1. The lowest BCUT2D eigenvalue weighted by Crippen LogP contribution is -2.22. The molecule has 0 atom stereocenters. The smallest absolute Gasteiger partial charge is 0.272 e. The largest absolute Gasteiger partial charge is 0.383 e. The summed E-state index contributed by atoms with van der Waals surface area (Å²) in [6.07, 6.45) is 0. The van der Waals surface area contributed by atoms with Crippen molar-refractivity contribution in [2.24, 2.45) is 0 Å². The van der Waals surface area contributed by atoms with Crippen LogP contribution >= 0.6 is 12.6 Å². The van der Waals surface area contributed by atoms with Crippen LogP contribution in [0, 0.1) is 5.82 Å². The molecular formula is C16H15FN2OS. The van der Waals surface area contributed by atoms with Crippen LogP contribution in [-0.4, -0.2) is 13.0 Å². The van der Waals surface area contributed by atoms with Gasteiger partial charge in [0.1, 0.15) is 11.5 Å². The van der Waals surface area contributed by atoms with Crippen LogP contribution in [0.4, 0.5) is 10.1 Å². The third kappa shape index (κ3) is 3.64. The summed E-state index contributed by atoms with van der Waals surface area (Å²) in [6.45, 7) is 0. The Hall–Kier alpha value is -2.27. The molecule has 2 rings (SSSR count). The molecule has 21 heavy (non-hydrogen) atoms. The second-order valence-electron chi connectivity index (χ2n) is 4.30. The zero-order valence-corrected chi connectivity index (χ0v) is 12.3. The molecule has 2 N–H and O–H groups in total. The van der Waals surface area contributed by atoms with Crippen molar-refractivity contribution >= 4 is 24.2 Å². The number of rotatable bonds is 4. The van der Waals surface area contributed by atoms with E-state index in [1.165, 1.54) is 17.5 Å². The van der Waals surface area contributed by atoms with Gasteiger partial charge in [-0.3, -0.25) is 4.79 Å². The number of halogens is 1. The van der Waals surface area contributed by atoms with Gasteiger partial charge >= 0.3 is 0 Å². The predicted molar refractivity (Wildman–Crippen MR) is 86.6 cm³/mol. The van der Waals surface area contributed by atoms with Gasteiger partial charge in [-0.1, -0.05) is 30.3 Å². The Labute approximate surface area is 128 Å². The van der Waals surface area contributed by atoms with E-state index >= 15 is 0 Å². The summed E-state index contributed by atoms with van der Waals surface area (Å²) < 4.78 is 13.0. The standard InChI is InChI=1S/C16H15FN2OS/c1-18-15(10-21)16(20)19-14-5-3-2-4-13(14)11-6-8-12(17)9-7-11/h2-10,18,21H,1H3,(H,19,20)/b15-10-. The Bertz CT molecular complexity index is 668. The fraction of sp³-hybridized carbons (Fsp3) is 0.0625. The molecule has 0 aliphatic carbocycles. The quantitative estimate of drug-likeness (QED) is 0.598. The Morgan fingerprint density at radius 1 is 1.14 bits per heavy atom. The monoisotopic (exact) mass is 302 g/mol. The maximum Gasteiger partial charge on any atom is 0.272 e. The Morgan fingerprint density at radius 2 is 1.81 bits per heavy atom. The molecule has 0 heterocycles. The van der Waals surface area contributed by atoms with Crippen LogP contribution in [0.3, 0.4) is 0 Å². The van der Waals surface area contributed by atoms with Crippen LogP contribution in [0.1, 0.15) is 0 Å². The van der Waals surface area contributed by atoms with Gasteiger partial charge in [-0.05, 0) is 29.2 Å².